The van der Waals surface area contributed by atoms with Gasteiger partial charge in [-0.1, -0.05) is 59.3 Å². The number of aliphatic hydroxyl groups is 1. The largest absolute Gasteiger partial charge is 0.385 e. The third kappa shape index (κ3) is 4.45. The first-order valence-electron chi connectivity index (χ1n) is 8.83. The van der Waals surface area contributed by atoms with Gasteiger partial charge in [0.25, 0.3) is 0 Å². The molecule has 0 bridgehead atoms. The lowest BCUT2D eigenvalue weighted by Crippen LogP contribution is -2.30. The topological polar surface area (TPSA) is 20.2 Å². The van der Waals surface area contributed by atoms with Crippen LogP contribution in [0.15, 0.2) is 23.8 Å². The molecule has 0 saturated heterocycles. The number of hydrogen-bond acceptors (Lipinski definition) is 1. The smallest absolute Gasteiger partial charge is 0.0865 e. The number of allylic oxidation sites excluding steroid dienone is 3. The van der Waals surface area contributed by atoms with Crippen molar-refractivity contribution < 1.29 is 5.11 Å². The zero-order valence-corrected chi connectivity index (χ0v) is 14.7. The lowest BCUT2D eigenvalue weighted by atomic mass is 9.80. The standard InChI is InChI=1S/C20H34O/c1-15-7-6-9-19(4,5)10-8-16(2)13-20(21)14-17(3)12-18(20)11-15/h8,10-11,15-17,21H,6-7,9,12-14H2,1-5H3/b10-8+,18-11-/t15?,16?,17?,20-/m1/s1. The minimum absolute atomic E-state index is 0.283. The normalized spacial score (nSPS) is 44.9. The quantitative estimate of drug-likeness (QED) is 0.584. The van der Waals surface area contributed by atoms with E-state index < -0.39 is 5.60 Å². The molecule has 0 aromatic heterocycles. The molecule has 3 unspecified atom stereocenters. The molecule has 1 N–H and O–H groups in total. The number of hydrogen-bond donors (Lipinski definition) is 1. The summed E-state index contributed by atoms with van der Waals surface area (Å²) in [5.41, 5.74) is 1.05. The van der Waals surface area contributed by atoms with Gasteiger partial charge in [-0.25, -0.2) is 0 Å². The Morgan fingerprint density at radius 1 is 1.10 bits per heavy atom. The first-order chi connectivity index (χ1) is 9.70. The highest BCUT2D eigenvalue weighted by Crippen LogP contribution is 2.44. The molecular formula is C20H34O. The van der Waals surface area contributed by atoms with Crippen LogP contribution in [-0.2, 0) is 0 Å². The zero-order valence-electron chi connectivity index (χ0n) is 14.7. The predicted octanol–water partition coefficient (Wildman–Crippen LogP) is 5.50. The van der Waals surface area contributed by atoms with Gasteiger partial charge in [0.05, 0.1) is 5.60 Å². The molecule has 0 radical (unpaired) electrons. The van der Waals surface area contributed by atoms with Gasteiger partial charge in [-0.05, 0) is 60.8 Å². The fraction of sp³-hybridized carbons (Fsp3) is 0.800. The summed E-state index contributed by atoms with van der Waals surface area (Å²) in [6.45, 7) is 11.5. The van der Waals surface area contributed by atoms with E-state index in [2.05, 4.69) is 52.8 Å². The molecule has 2 aliphatic rings. The van der Waals surface area contributed by atoms with Crippen LogP contribution in [0, 0.1) is 23.2 Å². The molecule has 21 heavy (non-hydrogen) atoms. The maximum atomic E-state index is 11.2. The van der Waals surface area contributed by atoms with Gasteiger partial charge in [0.1, 0.15) is 0 Å². The summed E-state index contributed by atoms with van der Waals surface area (Å²) in [7, 11) is 0. The van der Waals surface area contributed by atoms with Gasteiger partial charge in [-0.15, -0.1) is 0 Å². The van der Waals surface area contributed by atoms with Crippen molar-refractivity contribution in [2.24, 2.45) is 23.2 Å². The SMILES string of the molecule is CC1/C=C2/CC(C)C[C@]2(O)CC(C)/C=C/C(C)(C)CCC1. The Bertz CT molecular complexity index is 418. The van der Waals surface area contributed by atoms with E-state index in [1.807, 2.05) is 0 Å². The molecule has 0 aromatic carbocycles. The molecule has 2 aliphatic carbocycles. The average Bonchev–Trinajstić information content (AvgIpc) is 2.60. The van der Waals surface area contributed by atoms with E-state index in [4.69, 9.17) is 0 Å². The summed E-state index contributed by atoms with van der Waals surface area (Å²) in [6.07, 6.45) is 13.8. The van der Waals surface area contributed by atoms with Crippen LogP contribution >= 0.6 is 0 Å². The Labute approximate surface area is 131 Å². The van der Waals surface area contributed by atoms with Crippen molar-refractivity contribution in [2.45, 2.75) is 78.7 Å². The highest BCUT2D eigenvalue weighted by molar-refractivity contribution is 5.24. The zero-order chi connectivity index (χ0) is 15.7. The molecule has 2 rings (SSSR count). The molecule has 4 atom stereocenters. The summed E-state index contributed by atoms with van der Waals surface area (Å²) >= 11 is 0. The second-order valence-corrected chi connectivity index (χ2v) is 8.64. The van der Waals surface area contributed by atoms with E-state index in [0.29, 0.717) is 17.8 Å². The van der Waals surface area contributed by atoms with Crippen LogP contribution in [0.25, 0.3) is 0 Å². The van der Waals surface area contributed by atoms with Crippen molar-refractivity contribution in [1.29, 1.82) is 0 Å². The summed E-state index contributed by atoms with van der Waals surface area (Å²) in [5, 5.41) is 11.2. The first-order valence-corrected chi connectivity index (χ1v) is 8.83. The molecule has 120 valence electrons. The molecular weight excluding hydrogens is 256 g/mol. The second kappa shape index (κ2) is 6.28. The summed E-state index contributed by atoms with van der Waals surface area (Å²) < 4.78 is 0. The van der Waals surface area contributed by atoms with Gasteiger partial charge < -0.3 is 5.11 Å². The third-order valence-electron chi connectivity index (χ3n) is 5.35. The summed E-state index contributed by atoms with van der Waals surface area (Å²) in [6, 6.07) is 0. The van der Waals surface area contributed by atoms with E-state index in [0.717, 1.165) is 19.3 Å². The molecule has 1 saturated carbocycles. The number of rotatable bonds is 0. The molecule has 1 heteroatoms. The number of fused-ring (bicyclic) bond motifs is 1. The van der Waals surface area contributed by atoms with Crippen LogP contribution in [0.1, 0.15) is 73.1 Å². The average molecular weight is 290 g/mol. The van der Waals surface area contributed by atoms with Gasteiger partial charge in [0.2, 0.25) is 0 Å². The van der Waals surface area contributed by atoms with Gasteiger partial charge in [0.15, 0.2) is 0 Å². The monoisotopic (exact) mass is 290 g/mol. The highest BCUT2D eigenvalue weighted by atomic mass is 16.3. The van der Waals surface area contributed by atoms with Gasteiger partial charge in [0, 0.05) is 0 Å². The van der Waals surface area contributed by atoms with Crippen molar-refractivity contribution >= 4 is 0 Å². The molecule has 0 heterocycles. The van der Waals surface area contributed by atoms with E-state index in [9.17, 15) is 5.11 Å². The van der Waals surface area contributed by atoms with Gasteiger partial charge in [-0.2, -0.15) is 0 Å². The maximum absolute atomic E-state index is 11.2. The Kier molecular flexibility index (Phi) is 5.03. The highest BCUT2D eigenvalue weighted by Gasteiger charge is 2.40. The first kappa shape index (κ1) is 16.8. The lowest BCUT2D eigenvalue weighted by Gasteiger charge is -2.30. The van der Waals surface area contributed by atoms with Crippen LogP contribution in [0.4, 0.5) is 0 Å². The molecule has 1 nitrogen and oxygen atoms in total. The predicted molar refractivity (Wildman–Crippen MR) is 91.1 cm³/mol. The lowest BCUT2D eigenvalue weighted by molar-refractivity contribution is 0.0595. The van der Waals surface area contributed by atoms with Crippen LogP contribution in [0.5, 0.6) is 0 Å². The van der Waals surface area contributed by atoms with Crippen LogP contribution in [-0.4, -0.2) is 10.7 Å². The minimum atomic E-state index is -0.555. The Balaban J connectivity index is 2.26. The Hall–Kier alpha value is -0.560. The minimum Gasteiger partial charge on any atom is -0.385 e. The Morgan fingerprint density at radius 3 is 2.52 bits per heavy atom. The fourth-order valence-electron chi connectivity index (χ4n) is 4.20. The van der Waals surface area contributed by atoms with Crippen molar-refractivity contribution in [3.8, 4) is 0 Å². The Morgan fingerprint density at radius 2 is 1.81 bits per heavy atom. The molecule has 1 fully saturated rings. The second-order valence-electron chi connectivity index (χ2n) is 8.64. The summed E-state index contributed by atoms with van der Waals surface area (Å²) in [4.78, 5) is 0. The van der Waals surface area contributed by atoms with Crippen molar-refractivity contribution in [1.82, 2.24) is 0 Å². The molecule has 0 amide bonds. The van der Waals surface area contributed by atoms with E-state index in [1.165, 1.54) is 24.8 Å². The van der Waals surface area contributed by atoms with Crippen LogP contribution < -0.4 is 0 Å². The third-order valence-corrected chi connectivity index (χ3v) is 5.35. The van der Waals surface area contributed by atoms with E-state index in [-0.39, 0.29) is 5.41 Å². The van der Waals surface area contributed by atoms with Crippen molar-refractivity contribution in [3.63, 3.8) is 0 Å². The van der Waals surface area contributed by atoms with Crippen molar-refractivity contribution in [2.75, 3.05) is 0 Å². The molecule has 0 aromatic rings. The molecule has 0 spiro atoms. The van der Waals surface area contributed by atoms with Crippen molar-refractivity contribution in [3.05, 3.63) is 23.8 Å². The van der Waals surface area contributed by atoms with E-state index in [1.54, 1.807) is 0 Å². The van der Waals surface area contributed by atoms with Gasteiger partial charge in [-0.3, -0.25) is 0 Å². The van der Waals surface area contributed by atoms with Crippen LogP contribution in [0.3, 0.4) is 0 Å². The summed E-state index contributed by atoms with van der Waals surface area (Å²) in [5.74, 6) is 1.65. The molecule has 0 aliphatic heterocycles. The van der Waals surface area contributed by atoms with E-state index >= 15 is 0 Å². The van der Waals surface area contributed by atoms with Gasteiger partial charge >= 0.3 is 0 Å². The maximum Gasteiger partial charge on any atom is 0.0865 e. The van der Waals surface area contributed by atoms with Crippen LogP contribution in [0.2, 0.25) is 0 Å². The fourth-order valence-corrected chi connectivity index (χ4v) is 4.20.